The van der Waals surface area contributed by atoms with Crippen molar-refractivity contribution in [3.05, 3.63) is 29.7 Å². The normalized spacial score (nSPS) is 18.8. The molecule has 206 valence electrons. The van der Waals surface area contributed by atoms with Gasteiger partial charge >= 0.3 is 12.7 Å². The summed E-state index contributed by atoms with van der Waals surface area (Å²) in [6.45, 7) is -0.143. The van der Waals surface area contributed by atoms with E-state index in [0.717, 1.165) is 25.7 Å². The van der Waals surface area contributed by atoms with E-state index in [9.17, 15) is 18.4 Å². The second kappa shape index (κ2) is 11.1. The van der Waals surface area contributed by atoms with Gasteiger partial charge in [0.1, 0.15) is 6.10 Å². The molecule has 3 fully saturated rings. The lowest BCUT2D eigenvalue weighted by Gasteiger charge is -2.31. The van der Waals surface area contributed by atoms with E-state index in [1.54, 1.807) is 11.8 Å². The molecule has 0 unspecified atom stereocenters. The number of alkyl carbamates (subject to hydrolysis) is 1. The van der Waals surface area contributed by atoms with Crippen LogP contribution in [0.4, 0.5) is 13.6 Å². The lowest BCUT2D eigenvalue weighted by atomic mass is 10.1. The second-order valence-corrected chi connectivity index (χ2v) is 10.1. The van der Waals surface area contributed by atoms with Crippen LogP contribution in [-0.4, -0.2) is 60.3 Å². The van der Waals surface area contributed by atoms with Gasteiger partial charge in [-0.15, -0.1) is 0 Å². The van der Waals surface area contributed by atoms with Crippen molar-refractivity contribution in [1.29, 1.82) is 0 Å². The number of likely N-dealkylation sites (tertiary alicyclic amines) is 1. The number of oxazole rings is 1. The zero-order chi connectivity index (χ0) is 26.8. The Kier molecular flexibility index (Phi) is 7.68. The molecule has 2 heterocycles. The summed E-state index contributed by atoms with van der Waals surface area (Å²) in [5, 5.41) is 2.80. The van der Waals surface area contributed by atoms with Crippen LogP contribution >= 0.6 is 0 Å². The molecule has 2 saturated carbocycles. The van der Waals surface area contributed by atoms with Crippen LogP contribution in [0.5, 0.6) is 11.5 Å². The summed E-state index contributed by atoms with van der Waals surface area (Å²) >= 11 is 0. The molecule has 2 aromatic rings. The van der Waals surface area contributed by atoms with Gasteiger partial charge in [0.25, 0.3) is 5.91 Å². The summed E-state index contributed by atoms with van der Waals surface area (Å²) in [5.41, 5.74) is 6.62. The number of hydrogen-bond donors (Lipinski definition) is 2. The molecule has 1 atom stereocenters. The number of nitrogens with zero attached hydrogens (tertiary/aromatic N) is 2. The quantitative estimate of drug-likeness (QED) is 0.463. The van der Waals surface area contributed by atoms with Crippen molar-refractivity contribution in [2.24, 2.45) is 11.7 Å². The first-order valence-corrected chi connectivity index (χ1v) is 13.0. The number of alkyl halides is 2. The summed E-state index contributed by atoms with van der Waals surface area (Å²) < 4.78 is 47.5. The van der Waals surface area contributed by atoms with Gasteiger partial charge in [-0.2, -0.15) is 8.78 Å². The molecule has 2 amide bonds. The summed E-state index contributed by atoms with van der Waals surface area (Å²) in [5.74, 6) is 0.467. The van der Waals surface area contributed by atoms with Crippen LogP contribution in [-0.2, 0) is 4.74 Å². The molecule has 3 N–H and O–H groups in total. The van der Waals surface area contributed by atoms with E-state index in [0.29, 0.717) is 44.0 Å². The van der Waals surface area contributed by atoms with Crippen LogP contribution < -0.4 is 20.5 Å². The number of piperidine rings is 1. The van der Waals surface area contributed by atoms with Gasteiger partial charge < -0.3 is 34.6 Å². The molecule has 1 aliphatic heterocycles. The molecule has 0 radical (unpaired) electrons. The Morgan fingerprint density at radius 3 is 2.53 bits per heavy atom. The number of nitrogens with one attached hydrogen (secondary N) is 1. The summed E-state index contributed by atoms with van der Waals surface area (Å²) in [4.78, 5) is 31.4. The first kappa shape index (κ1) is 26.2. The van der Waals surface area contributed by atoms with Gasteiger partial charge in [0.15, 0.2) is 23.0 Å². The van der Waals surface area contributed by atoms with Crippen LogP contribution in [0.1, 0.15) is 67.7 Å². The zero-order valence-corrected chi connectivity index (χ0v) is 21.2. The van der Waals surface area contributed by atoms with Crippen LogP contribution in [0.15, 0.2) is 22.6 Å². The third-order valence-corrected chi connectivity index (χ3v) is 6.75. The third kappa shape index (κ3) is 6.53. The fraction of sp³-hybridized carbons (Fsp3) is 0.577. The Morgan fingerprint density at radius 1 is 1.16 bits per heavy atom. The third-order valence-electron chi connectivity index (χ3n) is 6.75. The van der Waals surface area contributed by atoms with Crippen molar-refractivity contribution < 1.29 is 37.0 Å². The first-order valence-electron chi connectivity index (χ1n) is 13.0. The lowest BCUT2D eigenvalue weighted by molar-refractivity contribution is -0.0515. The van der Waals surface area contributed by atoms with E-state index >= 15 is 0 Å². The topological polar surface area (TPSA) is 129 Å². The monoisotopic (exact) mass is 534 g/mol. The zero-order valence-electron chi connectivity index (χ0n) is 21.2. The molecule has 5 rings (SSSR count). The molecule has 1 saturated heterocycles. The molecule has 0 spiro atoms. The summed E-state index contributed by atoms with van der Waals surface area (Å²) in [7, 11) is 0. The molecule has 10 nitrogen and oxygen atoms in total. The maximum absolute atomic E-state index is 13.4. The number of halogens is 2. The minimum Gasteiger partial charge on any atom is -0.489 e. The molecule has 2 aliphatic carbocycles. The van der Waals surface area contributed by atoms with Gasteiger partial charge in [0, 0.05) is 37.5 Å². The number of nitrogens with two attached hydrogens (primary N) is 1. The minimum atomic E-state index is -3.00. The number of hydrogen-bond acceptors (Lipinski definition) is 8. The van der Waals surface area contributed by atoms with Crippen molar-refractivity contribution in [2.45, 2.75) is 70.2 Å². The van der Waals surface area contributed by atoms with Crippen LogP contribution in [0.3, 0.4) is 0 Å². The Bertz CT molecular complexity index is 1160. The van der Waals surface area contributed by atoms with Crippen LogP contribution in [0.25, 0.3) is 11.5 Å². The number of rotatable bonds is 10. The predicted molar refractivity (Wildman–Crippen MR) is 131 cm³/mol. The smallest absolute Gasteiger partial charge is 0.407 e. The fourth-order valence-electron chi connectivity index (χ4n) is 4.26. The number of aromatic nitrogens is 1. The highest BCUT2D eigenvalue weighted by Gasteiger charge is 2.32. The second-order valence-electron chi connectivity index (χ2n) is 10.1. The van der Waals surface area contributed by atoms with Crippen molar-refractivity contribution >= 4 is 12.0 Å². The van der Waals surface area contributed by atoms with Gasteiger partial charge in [-0.3, -0.25) is 4.79 Å². The first-order chi connectivity index (χ1) is 18.3. The predicted octanol–water partition coefficient (Wildman–Crippen LogP) is 4.24. The van der Waals surface area contributed by atoms with E-state index in [-0.39, 0.29) is 46.9 Å². The van der Waals surface area contributed by atoms with Gasteiger partial charge in [-0.05, 0) is 56.7 Å². The lowest BCUT2D eigenvalue weighted by Crippen LogP contribution is -2.43. The van der Waals surface area contributed by atoms with Crippen molar-refractivity contribution in [3.63, 3.8) is 0 Å². The van der Waals surface area contributed by atoms with E-state index < -0.39 is 18.7 Å². The maximum Gasteiger partial charge on any atom is 0.407 e. The fourth-order valence-corrected chi connectivity index (χ4v) is 4.26. The summed E-state index contributed by atoms with van der Waals surface area (Å²) in [6.07, 6.45) is 4.36. The van der Waals surface area contributed by atoms with Gasteiger partial charge in [-0.25, -0.2) is 9.78 Å². The number of ether oxygens (including phenoxy) is 3. The number of amides is 2. The number of benzene rings is 1. The van der Waals surface area contributed by atoms with Gasteiger partial charge in [0.05, 0.1) is 12.6 Å². The number of carbonyl (C=O) groups is 2. The van der Waals surface area contributed by atoms with Crippen molar-refractivity contribution in [2.75, 3.05) is 19.7 Å². The molecule has 1 aromatic heterocycles. The summed E-state index contributed by atoms with van der Waals surface area (Å²) in [6, 6.07) is 4.00. The average Bonchev–Trinajstić information content (AvgIpc) is 3.82. The van der Waals surface area contributed by atoms with E-state index in [1.807, 2.05) is 0 Å². The van der Waals surface area contributed by atoms with E-state index in [1.165, 1.54) is 18.2 Å². The molecule has 1 aromatic carbocycles. The van der Waals surface area contributed by atoms with Crippen molar-refractivity contribution in [3.8, 4) is 23.0 Å². The highest BCUT2D eigenvalue weighted by Crippen LogP contribution is 2.37. The SMILES string of the molecule is C[C@H](N)c1oc(-c2ccc(OC(F)F)c(OCC3CC3)c2)nc1C(=O)N1CCC(OC(=O)NC2CC2)CC1. The molecule has 3 aliphatic rings. The molecule has 0 bridgehead atoms. The number of carbonyl (C=O) groups excluding carboxylic acids is 2. The molecule has 12 heteroatoms. The van der Waals surface area contributed by atoms with Gasteiger partial charge in [-0.1, -0.05) is 0 Å². The van der Waals surface area contributed by atoms with E-state index in [4.69, 9.17) is 19.6 Å². The highest BCUT2D eigenvalue weighted by molar-refractivity contribution is 5.94. The Hall–Kier alpha value is -3.41. The largest absolute Gasteiger partial charge is 0.489 e. The minimum absolute atomic E-state index is 0.0874. The van der Waals surface area contributed by atoms with Gasteiger partial charge in [0.2, 0.25) is 5.89 Å². The average molecular weight is 535 g/mol. The molecular formula is C26H32F2N4O6. The van der Waals surface area contributed by atoms with Crippen LogP contribution in [0, 0.1) is 5.92 Å². The maximum atomic E-state index is 13.4. The Morgan fingerprint density at radius 2 is 1.89 bits per heavy atom. The Labute approximate surface area is 218 Å². The molecule has 38 heavy (non-hydrogen) atoms. The van der Waals surface area contributed by atoms with E-state index in [2.05, 4.69) is 15.0 Å². The van der Waals surface area contributed by atoms with Crippen molar-refractivity contribution in [1.82, 2.24) is 15.2 Å². The highest BCUT2D eigenvalue weighted by atomic mass is 19.3. The standard InChI is InChI=1S/C26H32F2N4O6/c1-14(29)22-21(24(33)32-10-8-18(9-11-32)36-26(34)30-17-5-6-17)31-23(38-22)16-4-7-19(37-25(27)28)20(12-16)35-13-15-2-3-15/h4,7,12,14-15,17-18,25H,2-3,5-6,8-11,13,29H2,1H3,(H,30,34)/t14-/m0/s1. The molecular weight excluding hydrogens is 502 g/mol. The Balaban J connectivity index is 1.29. The van der Waals surface area contributed by atoms with Crippen LogP contribution in [0.2, 0.25) is 0 Å².